The van der Waals surface area contributed by atoms with Crippen LogP contribution in [0.25, 0.3) is 5.52 Å². The molecular formula is C15H15ClN6O. The normalized spacial score (nSPS) is 16.8. The molecule has 4 rings (SSSR count). The number of hydrogen-bond acceptors (Lipinski definition) is 5. The molecule has 0 saturated carbocycles. The van der Waals surface area contributed by atoms with E-state index in [1.807, 2.05) is 19.9 Å². The minimum Gasteiger partial charge on any atom is -0.346 e. The number of pyridine rings is 1. The van der Waals surface area contributed by atoms with Crippen molar-refractivity contribution in [2.45, 2.75) is 32.4 Å². The molecule has 4 heterocycles. The molecule has 0 radical (unpaired) electrons. The SMILES string of the molecule is CC(C)c1ncc2c(=O)n3c(nn12)NC(c1ccc(Cl)nc1)C3. The van der Waals surface area contributed by atoms with E-state index in [9.17, 15) is 4.79 Å². The van der Waals surface area contributed by atoms with E-state index >= 15 is 0 Å². The van der Waals surface area contributed by atoms with Crippen LogP contribution >= 0.6 is 11.6 Å². The highest BCUT2D eigenvalue weighted by Crippen LogP contribution is 2.26. The van der Waals surface area contributed by atoms with Gasteiger partial charge in [-0.1, -0.05) is 31.5 Å². The van der Waals surface area contributed by atoms with Crippen LogP contribution in [-0.2, 0) is 6.54 Å². The molecule has 0 aliphatic carbocycles. The van der Waals surface area contributed by atoms with E-state index in [1.165, 1.54) is 0 Å². The first-order valence-electron chi connectivity index (χ1n) is 7.41. The second-order valence-corrected chi connectivity index (χ2v) is 6.31. The molecular weight excluding hydrogens is 316 g/mol. The Labute approximate surface area is 136 Å². The number of halogens is 1. The van der Waals surface area contributed by atoms with Crippen molar-refractivity contribution in [3.05, 3.63) is 51.4 Å². The summed E-state index contributed by atoms with van der Waals surface area (Å²) >= 11 is 5.83. The number of anilines is 1. The summed E-state index contributed by atoms with van der Waals surface area (Å²) in [6, 6.07) is 3.59. The Kier molecular flexibility index (Phi) is 3.12. The van der Waals surface area contributed by atoms with Crippen molar-refractivity contribution in [1.82, 2.24) is 24.1 Å². The molecule has 0 bridgehead atoms. The topological polar surface area (TPSA) is 77.1 Å². The summed E-state index contributed by atoms with van der Waals surface area (Å²) in [6.45, 7) is 4.55. The lowest BCUT2D eigenvalue weighted by Gasteiger charge is -2.09. The summed E-state index contributed by atoms with van der Waals surface area (Å²) in [5, 5.41) is 8.28. The lowest BCUT2D eigenvalue weighted by Crippen LogP contribution is -2.22. The van der Waals surface area contributed by atoms with Gasteiger partial charge in [0, 0.05) is 12.1 Å². The van der Waals surface area contributed by atoms with Gasteiger partial charge < -0.3 is 5.32 Å². The predicted octanol–water partition coefficient (Wildman–Crippen LogP) is 2.23. The van der Waals surface area contributed by atoms with Crippen LogP contribution in [0.15, 0.2) is 29.3 Å². The fraction of sp³-hybridized carbons (Fsp3) is 0.333. The summed E-state index contributed by atoms with van der Waals surface area (Å²) in [7, 11) is 0. The van der Waals surface area contributed by atoms with E-state index in [4.69, 9.17) is 11.6 Å². The molecule has 1 aliphatic heterocycles. The Morgan fingerprint density at radius 2 is 2.13 bits per heavy atom. The highest BCUT2D eigenvalue weighted by Gasteiger charge is 2.26. The van der Waals surface area contributed by atoms with Crippen molar-refractivity contribution in [3.63, 3.8) is 0 Å². The molecule has 0 amide bonds. The number of imidazole rings is 1. The summed E-state index contributed by atoms with van der Waals surface area (Å²) in [5.41, 5.74) is 1.37. The minimum atomic E-state index is -0.0914. The highest BCUT2D eigenvalue weighted by molar-refractivity contribution is 6.29. The van der Waals surface area contributed by atoms with Crippen LogP contribution in [-0.4, -0.2) is 24.1 Å². The van der Waals surface area contributed by atoms with E-state index in [-0.39, 0.29) is 17.5 Å². The minimum absolute atomic E-state index is 0.0532. The number of nitrogens with zero attached hydrogens (tertiary/aromatic N) is 5. The standard InChI is InChI=1S/C15H15ClN6O/c1-8(2)13-18-6-11-14(23)21-7-10(19-15(21)20-22(11)13)9-3-4-12(16)17-5-9/h3-6,8,10H,7H2,1-2H3,(H,19,20). The number of aromatic nitrogens is 5. The first kappa shape index (κ1) is 14.2. The molecule has 0 saturated heterocycles. The van der Waals surface area contributed by atoms with Crippen LogP contribution < -0.4 is 10.9 Å². The number of hydrogen-bond donors (Lipinski definition) is 1. The van der Waals surface area contributed by atoms with Gasteiger partial charge in [0.1, 0.15) is 11.0 Å². The quantitative estimate of drug-likeness (QED) is 0.729. The number of nitrogens with one attached hydrogen (secondary N) is 1. The van der Waals surface area contributed by atoms with E-state index < -0.39 is 0 Å². The van der Waals surface area contributed by atoms with Crippen molar-refractivity contribution >= 4 is 23.1 Å². The summed E-state index contributed by atoms with van der Waals surface area (Å²) < 4.78 is 3.27. The van der Waals surface area contributed by atoms with Crippen molar-refractivity contribution in [2.75, 3.05) is 5.32 Å². The summed E-state index contributed by atoms with van der Waals surface area (Å²) in [5.74, 6) is 1.51. The number of rotatable bonds is 2. The zero-order valence-electron chi connectivity index (χ0n) is 12.7. The van der Waals surface area contributed by atoms with Gasteiger partial charge in [0.15, 0.2) is 5.52 Å². The monoisotopic (exact) mass is 330 g/mol. The van der Waals surface area contributed by atoms with Crippen LogP contribution in [0.5, 0.6) is 0 Å². The van der Waals surface area contributed by atoms with Crippen LogP contribution in [0.4, 0.5) is 5.95 Å². The maximum Gasteiger partial charge on any atom is 0.281 e. The molecule has 7 nitrogen and oxygen atoms in total. The first-order chi connectivity index (χ1) is 11.0. The molecule has 1 N–H and O–H groups in total. The maximum atomic E-state index is 12.7. The molecule has 3 aromatic rings. The van der Waals surface area contributed by atoms with Crippen LogP contribution in [0, 0.1) is 0 Å². The smallest absolute Gasteiger partial charge is 0.281 e. The van der Waals surface area contributed by atoms with Crippen molar-refractivity contribution in [3.8, 4) is 0 Å². The van der Waals surface area contributed by atoms with Gasteiger partial charge in [0.25, 0.3) is 5.56 Å². The van der Waals surface area contributed by atoms with Gasteiger partial charge >= 0.3 is 0 Å². The molecule has 3 aromatic heterocycles. The molecule has 118 valence electrons. The van der Waals surface area contributed by atoms with Crippen LogP contribution in [0.3, 0.4) is 0 Å². The van der Waals surface area contributed by atoms with Crippen molar-refractivity contribution < 1.29 is 0 Å². The first-order valence-corrected chi connectivity index (χ1v) is 7.79. The van der Waals surface area contributed by atoms with Crippen molar-refractivity contribution in [2.24, 2.45) is 0 Å². The Bertz CT molecular complexity index is 943. The lowest BCUT2D eigenvalue weighted by atomic mass is 10.1. The molecule has 0 spiro atoms. The zero-order chi connectivity index (χ0) is 16.1. The second kappa shape index (κ2) is 5.06. The fourth-order valence-corrected chi connectivity index (χ4v) is 2.94. The fourth-order valence-electron chi connectivity index (χ4n) is 2.83. The Morgan fingerprint density at radius 1 is 1.30 bits per heavy atom. The van der Waals surface area contributed by atoms with Crippen molar-refractivity contribution in [1.29, 1.82) is 0 Å². The molecule has 0 fully saturated rings. The predicted molar refractivity (Wildman–Crippen MR) is 86.9 cm³/mol. The molecule has 1 unspecified atom stereocenters. The van der Waals surface area contributed by atoms with Gasteiger partial charge in [-0.05, 0) is 11.6 Å². The third-order valence-electron chi connectivity index (χ3n) is 4.02. The van der Waals surface area contributed by atoms with Gasteiger partial charge in [-0.15, -0.1) is 5.10 Å². The zero-order valence-corrected chi connectivity index (χ0v) is 13.4. The molecule has 23 heavy (non-hydrogen) atoms. The highest BCUT2D eigenvalue weighted by atomic mass is 35.5. The van der Waals surface area contributed by atoms with Gasteiger partial charge in [0.05, 0.1) is 18.8 Å². The Morgan fingerprint density at radius 3 is 2.83 bits per heavy atom. The molecule has 1 atom stereocenters. The average Bonchev–Trinajstić information content (AvgIpc) is 3.12. The van der Waals surface area contributed by atoms with Crippen LogP contribution in [0.2, 0.25) is 5.15 Å². The summed E-state index contributed by atoms with van der Waals surface area (Å²) in [6.07, 6.45) is 3.31. The van der Waals surface area contributed by atoms with Gasteiger partial charge in [-0.25, -0.2) is 14.5 Å². The van der Waals surface area contributed by atoms with Crippen LogP contribution in [0.1, 0.15) is 37.2 Å². The Balaban J connectivity index is 1.79. The molecule has 1 aliphatic rings. The lowest BCUT2D eigenvalue weighted by molar-refractivity contribution is 0.650. The third-order valence-corrected chi connectivity index (χ3v) is 4.24. The van der Waals surface area contributed by atoms with E-state index in [2.05, 4.69) is 20.4 Å². The largest absolute Gasteiger partial charge is 0.346 e. The van der Waals surface area contributed by atoms with E-state index in [1.54, 1.807) is 27.5 Å². The number of fused-ring (bicyclic) bond motifs is 2. The Hall–Kier alpha value is -2.41. The maximum absolute atomic E-state index is 12.7. The van der Waals surface area contributed by atoms with Gasteiger partial charge in [0.2, 0.25) is 5.95 Å². The third kappa shape index (κ3) is 2.19. The molecule has 8 heteroatoms. The van der Waals surface area contributed by atoms with E-state index in [0.717, 1.165) is 11.4 Å². The van der Waals surface area contributed by atoms with E-state index in [0.29, 0.717) is 23.2 Å². The van der Waals surface area contributed by atoms with Gasteiger partial charge in [-0.2, -0.15) is 0 Å². The molecule has 0 aromatic carbocycles. The van der Waals surface area contributed by atoms with Gasteiger partial charge in [-0.3, -0.25) is 9.36 Å². The summed E-state index contributed by atoms with van der Waals surface area (Å²) in [4.78, 5) is 21.1. The average molecular weight is 331 g/mol. The second-order valence-electron chi connectivity index (χ2n) is 5.92.